The first-order chi connectivity index (χ1) is 11.5. The molecule has 6 heteroatoms. The number of halogens is 1. The molecule has 4 nitrogen and oxygen atoms in total. The maximum absolute atomic E-state index is 12.5. The van der Waals surface area contributed by atoms with Crippen molar-refractivity contribution in [1.82, 2.24) is 9.80 Å². The fraction of sp³-hybridized carbons (Fsp3) is 0.389. The predicted molar refractivity (Wildman–Crippen MR) is 101 cm³/mol. The van der Waals surface area contributed by atoms with Crippen LogP contribution in [0.1, 0.15) is 16.0 Å². The van der Waals surface area contributed by atoms with Gasteiger partial charge in [0.1, 0.15) is 0 Å². The molecule has 128 valence electrons. The summed E-state index contributed by atoms with van der Waals surface area (Å²) >= 11 is 7.61. The molecule has 1 aliphatic heterocycles. The summed E-state index contributed by atoms with van der Waals surface area (Å²) in [6.07, 6.45) is 0. The molecule has 1 N–H and O–H groups in total. The minimum Gasteiger partial charge on any atom is -0.322 e. The summed E-state index contributed by atoms with van der Waals surface area (Å²) < 4.78 is 0.830. The second-order valence-electron chi connectivity index (χ2n) is 6.22. The molecular formula is C18H22ClN3OS. The number of urea groups is 1. The molecule has 2 aromatic rings. The summed E-state index contributed by atoms with van der Waals surface area (Å²) in [7, 11) is 0. The quantitative estimate of drug-likeness (QED) is 0.878. The molecule has 0 spiro atoms. The van der Waals surface area contributed by atoms with Gasteiger partial charge in [-0.25, -0.2) is 4.79 Å². The third kappa shape index (κ3) is 4.29. The van der Waals surface area contributed by atoms with Crippen LogP contribution in [0.3, 0.4) is 0 Å². The minimum absolute atomic E-state index is 0.0116. The Hall–Kier alpha value is -1.56. The zero-order chi connectivity index (χ0) is 17.1. The minimum atomic E-state index is -0.0116. The number of amides is 2. The Kier molecular flexibility index (Phi) is 5.43. The number of nitrogens with zero attached hydrogens (tertiary/aromatic N) is 2. The van der Waals surface area contributed by atoms with E-state index in [-0.39, 0.29) is 6.03 Å². The first kappa shape index (κ1) is 17.3. The Balaban J connectivity index is 1.52. The molecule has 24 heavy (non-hydrogen) atoms. The smallest absolute Gasteiger partial charge is 0.321 e. The summed E-state index contributed by atoms with van der Waals surface area (Å²) in [6.45, 7) is 8.21. The first-order valence-electron chi connectivity index (χ1n) is 8.11. The lowest BCUT2D eigenvalue weighted by Gasteiger charge is -2.34. The van der Waals surface area contributed by atoms with Gasteiger partial charge in [-0.15, -0.1) is 11.3 Å². The van der Waals surface area contributed by atoms with Crippen molar-refractivity contribution in [3.05, 3.63) is 50.7 Å². The molecule has 1 aromatic heterocycles. The standard InChI is InChI=1S/C18H22ClN3OS/c1-13-3-4-14(2)16(11-13)20-18(23)22-9-7-21(8-10-22)12-15-5-6-17(19)24-15/h3-6,11H,7-10,12H2,1-2H3,(H,20,23). The summed E-state index contributed by atoms with van der Waals surface area (Å²) in [4.78, 5) is 18.0. The fourth-order valence-electron chi connectivity index (χ4n) is 2.83. The molecule has 0 unspecified atom stereocenters. The van der Waals surface area contributed by atoms with Crippen LogP contribution in [-0.4, -0.2) is 42.0 Å². The number of hydrogen-bond donors (Lipinski definition) is 1. The third-order valence-corrected chi connectivity index (χ3v) is 5.52. The maximum Gasteiger partial charge on any atom is 0.321 e. The van der Waals surface area contributed by atoms with Crippen molar-refractivity contribution in [2.45, 2.75) is 20.4 Å². The highest BCUT2D eigenvalue weighted by Crippen LogP contribution is 2.23. The summed E-state index contributed by atoms with van der Waals surface area (Å²) in [5.41, 5.74) is 3.13. The molecule has 2 heterocycles. The predicted octanol–water partition coefficient (Wildman–Crippen LogP) is 4.37. The number of anilines is 1. The topological polar surface area (TPSA) is 35.6 Å². The van der Waals surface area contributed by atoms with Gasteiger partial charge in [-0.2, -0.15) is 0 Å². The third-order valence-electron chi connectivity index (χ3n) is 4.30. The number of benzene rings is 1. The highest BCUT2D eigenvalue weighted by Gasteiger charge is 2.21. The molecule has 0 saturated carbocycles. The Morgan fingerprint density at radius 2 is 1.92 bits per heavy atom. The van der Waals surface area contributed by atoms with Crippen LogP contribution in [0.2, 0.25) is 4.34 Å². The van der Waals surface area contributed by atoms with Crippen molar-refractivity contribution in [2.24, 2.45) is 0 Å². The summed E-state index contributed by atoms with van der Waals surface area (Å²) in [5, 5.41) is 3.04. The van der Waals surface area contributed by atoms with E-state index < -0.39 is 0 Å². The number of rotatable bonds is 3. The molecule has 0 atom stereocenters. The Labute approximate surface area is 152 Å². The van der Waals surface area contributed by atoms with Crippen molar-refractivity contribution in [3.63, 3.8) is 0 Å². The monoisotopic (exact) mass is 363 g/mol. The van der Waals surface area contributed by atoms with E-state index in [9.17, 15) is 4.79 Å². The Morgan fingerprint density at radius 1 is 1.17 bits per heavy atom. The van der Waals surface area contributed by atoms with Crippen LogP contribution in [0.15, 0.2) is 30.3 Å². The van der Waals surface area contributed by atoms with Crippen molar-refractivity contribution in [3.8, 4) is 0 Å². The van der Waals surface area contributed by atoms with Gasteiger partial charge >= 0.3 is 6.03 Å². The van der Waals surface area contributed by atoms with Gasteiger partial charge in [0.05, 0.1) is 4.34 Å². The number of nitrogens with one attached hydrogen (secondary N) is 1. The van der Waals surface area contributed by atoms with Gasteiger partial charge in [-0.1, -0.05) is 23.7 Å². The summed E-state index contributed by atoms with van der Waals surface area (Å²) in [5.74, 6) is 0. The number of piperazine rings is 1. The average molecular weight is 364 g/mol. The lowest BCUT2D eigenvalue weighted by atomic mass is 10.1. The number of thiophene rings is 1. The van der Waals surface area contributed by atoms with E-state index in [1.54, 1.807) is 11.3 Å². The van der Waals surface area contributed by atoms with Crippen LogP contribution in [0.4, 0.5) is 10.5 Å². The summed E-state index contributed by atoms with van der Waals surface area (Å²) in [6, 6.07) is 10.1. The zero-order valence-electron chi connectivity index (χ0n) is 14.0. The second kappa shape index (κ2) is 7.55. The second-order valence-corrected chi connectivity index (χ2v) is 8.02. The normalized spacial score (nSPS) is 15.5. The van der Waals surface area contributed by atoms with Gasteiger partial charge in [-0.3, -0.25) is 4.90 Å². The van der Waals surface area contributed by atoms with Gasteiger partial charge < -0.3 is 10.2 Å². The van der Waals surface area contributed by atoms with Crippen molar-refractivity contribution in [1.29, 1.82) is 0 Å². The first-order valence-corrected chi connectivity index (χ1v) is 9.30. The fourth-order valence-corrected chi connectivity index (χ4v) is 3.96. The van der Waals surface area contributed by atoms with Gasteiger partial charge in [-0.05, 0) is 43.2 Å². The van der Waals surface area contributed by atoms with E-state index in [2.05, 4.69) is 22.3 Å². The molecule has 1 fully saturated rings. The van der Waals surface area contributed by atoms with Crippen molar-refractivity contribution in [2.75, 3.05) is 31.5 Å². The Bertz CT molecular complexity index is 723. The van der Waals surface area contributed by atoms with Crippen LogP contribution < -0.4 is 5.32 Å². The molecule has 1 aliphatic rings. The van der Waals surface area contributed by atoms with E-state index in [4.69, 9.17) is 11.6 Å². The molecule has 0 bridgehead atoms. The number of carbonyl (C=O) groups excluding carboxylic acids is 1. The highest BCUT2D eigenvalue weighted by molar-refractivity contribution is 7.16. The van der Waals surface area contributed by atoms with E-state index in [0.29, 0.717) is 0 Å². The number of carbonyl (C=O) groups is 1. The highest BCUT2D eigenvalue weighted by atomic mass is 35.5. The van der Waals surface area contributed by atoms with Crippen LogP contribution in [0, 0.1) is 13.8 Å². The van der Waals surface area contributed by atoms with Gasteiger partial charge in [0.15, 0.2) is 0 Å². The maximum atomic E-state index is 12.5. The molecule has 3 rings (SSSR count). The number of aryl methyl sites for hydroxylation is 2. The van der Waals surface area contributed by atoms with E-state index in [0.717, 1.165) is 53.9 Å². The van der Waals surface area contributed by atoms with Crippen LogP contribution >= 0.6 is 22.9 Å². The van der Waals surface area contributed by atoms with E-state index >= 15 is 0 Å². The lowest BCUT2D eigenvalue weighted by Crippen LogP contribution is -2.49. The molecule has 2 amide bonds. The number of hydrogen-bond acceptors (Lipinski definition) is 3. The lowest BCUT2D eigenvalue weighted by molar-refractivity contribution is 0.143. The van der Waals surface area contributed by atoms with Crippen LogP contribution in [0.5, 0.6) is 0 Å². The van der Waals surface area contributed by atoms with Gasteiger partial charge in [0, 0.05) is 43.3 Å². The average Bonchev–Trinajstić information content (AvgIpc) is 2.96. The van der Waals surface area contributed by atoms with E-state index in [1.165, 1.54) is 4.88 Å². The largest absolute Gasteiger partial charge is 0.322 e. The van der Waals surface area contributed by atoms with Crippen LogP contribution in [0.25, 0.3) is 0 Å². The van der Waals surface area contributed by atoms with Gasteiger partial charge in [0.2, 0.25) is 0 Å². The Morgan fingerprint density at radius 3 is 2.58 bits per heavy atom. The molecule has 1 aromatic carbocycles. The van der Waals surface area contributed by atoms with E-state index in [1.807, 2.05) is 36.9 Å². The van der Waals surface area contributed by atoms with Crippen LogP contribution in [-0.2, 0) is 6.54 Å². The SMILES string of the molecule is Cc1ccc(C)c(NC(=O)N2CCN(Cc3ccc(Cl)s3)CC2)c1. The zero-order valence-corrected chi connectivity index (χ0v) is 15.6. The molecule has 1 saturated heterocycles. The van der Waals surface area contributed by atoms with Crippen molar-refractivity contribution >= 4 is 34.7 Å². The molecule has 0 aliphatic carbocycles. The van der Waals surface area contributed by atoms with Crippen molar-refractivity contribution < 1.29 is 4.79 Å². The molecular weight excluding hydrogens is 342 g/mol. The molecule has 0 radical (unpaired) electrons. The van der Waals surface area contributed by atoms with Gasteiger partial charge in [0.25, 0.3) is 0 Å².